The molecule has 8 aromatic rings. The maximum absolute atomic E-state index is 11.9. The summed E-state index contributed by atoms with van der Waals surface area (Å²) in [4.78, 5) is 35.1. The number of phenols is 3. The minimum atomic E-state index is -1.06. The number of hydrogen-bond donors (Lipinski definition) is 7. The van der Waals surface area contributed by atoms with Gasteiger partial charge in [0.2, 0.25) is 0 Å². The van der Waals surface area contributed by atoms with E-state index >= 15 is 0 Å². The smallest absolute Gasteiger partial charge is 0.508 e. The van der Waals surface area contributed by atoms with Gasteiger partial charge in [-0.2, -0.15) is 0 Å². The summed E-state index contributed by atoms with van der Waals surface area (Å²) in [5.74, 6) is 0.222. The maximum Gasteiger partial charge on any atom is 0.514 e. The van der Waals surface area contributed by atoms with E-state index in [1.165, 1.54) is 18.2 Å². The van der Waals surface area contributed by atoms with Crippen LogP contribution in [0, 0.1) is 13.8 Å². The minimum absolute atomic E-state index is 0.0843. The molecule has 0 atom stereocenters. The number of phenolic OH excluding ortho intramolecular Hbond substituents is 3. The third-order valence-corrected chi connectivity index (χ3v) is 10.7. The van der Waals surface area contributed by atoms with Crippen molar-refractivity contribution in [2.75, 3.05) is 16.4 Å². The molecule has 0 aliphatic rings. The molecule has 75 heavy (non-hydrogen) atoms. The van der Waals surface area contributed by atoms with E-state index in [1.807, 2.05) is 86.6 Å². The first-order chi connectivity index (χ1) is 35.5. The molecule has 8 aromatic carbocycles. The number of carboxylic acid groups (broad SMARTS) is 1. The highest BCUT2D eigenvalue weighted by molar-refractivity contribution is 5.96. The van der Waals surface area contributed by atoms with E-state index in [4.69, 9.17) is 24.7 Å². The van der Waals surface area contributed by atoms with Crippen LogP contribution < -0.4 is 25.8 Å². The number of aryl methyl sites for hydroxylation is 2. The third-order valence-electron chi connectivity index (χ3n) is 10.7. The predicted molar refractivity (Wildman–Crippen MR) is 295 cm³/mol. The van der Waals surface area contributed by atoms with Crippen LogP contribution in [0.2, 0.25) is 0 Å². The molecule has 0 heterocycles. The second kappa shape index (κ2) is 24.3. The zero-order valence-corrected chi connectivity index (χ0v) is 43.0. The van der Waals surface area contributed by atoms with Gasteiger partial charge in [0.15, 0.2) is 0 Å². The number of carbonyl (C=O) groups excluding carboxylic acids is 2. The van der Waals surface area contributed by atoms with E-state index in [0.29, 0.717) is 22.9 Å². The number of anilines is 5. The van der Waals surface area contributed by atoms with Crippen LogP contribution >= 0.6 is 0 Å². The second-order valence-electron chi connectivity index (χ2n) is 19.3. The van der Waals surface area contributed by atoms with Crippen LogP contribution in [0.15, 0.2) is 176 Å². The van der Waals surface area contributed by atoms with Crippen LogP contribution in [-0.2, 0) is 9.47 Å². The summed E-state index contributed by atoms with van der Waals surface area (Å²) in [5, 5.41) is 44.6. The summed E-state index contributed by atoms with van der Waals surface area (Å²) in [6, 6.07) is 51.5. The number of nitrogens with two attached hydrogens (primary N) is 1. The number of carboxylic acids is 1. The fourth-order valence-electron chi connectivity index (χ4n) is 7.15. The van der Waals surface area contributed by atoms with Crippen LogP contribution in [-0.4, -0.2) is 49.9 Å². The standard InChI is InChI=1S/C24H25NO4.C19H15NO4.C18H21NO3/c1-16-11-12-18(14-22(16)25-19-8-6-9-20(26)15-19)17-7-5-10-21(13-17)28-23(27)29-24(2,3)4;21-15-5-1-3-12(9-15)13-7-8-17(19(23)24)18(10-13)20-14-4-2-6-16(22)11-14;1-12-8-9-14(11-16(12)19)13-6-5-7-15(10-13)21-17(20)22-18(2,3)4/h5-15,25-26H,1-4H3;1-11,20-22H,(H,23,24);5-11H,19H2,1-4H3. The van der Waals surface area contributed by atoms with Crippen LogP contribution in [0.5, 0.6) is 28.7 Å². The summed E-state index contributed by atoms with van der Waals surface area (Å²) >= 11 is 0. The number of benzene rings is 8. The molecule has 0 bridgehead atoms. The van der Waals surface area contributed by atoms with Crippen molar-refractivity contribution in [1.29, 1.82) is 0 Å². The van der Waals surface area contributed by atoms with Gasteiger partial charge in [0.1, 0.15) is 39.9 Å². The van der Waals surface area contributed by atoms with Gasteiger partial charge >= 0.3 is 18.3 Å². The molecule has 386 valence electrons. The Balaban J connectivity index is 0.000000185. The van der Waals surface area contributed by atoms with Crippen molar-refractivity contribution in [2.24, 2.45) is 0 Å². The van der Waals surface area contributed by atoms with Gasteiger partial charge in [0.25, 0.3) is 0 Å². The molecule has 0 saturated carbocycles. The first-order valence-electron chi connectivity index (χ1n) is 23.7. The van der Waals surface area contributed by atoms with Crippen LogP contribution in [0.3, 0.4) is 0 Å². The van der Waals surface area contributed by atoms with Gasteiger partial charge in [-0.1, -0.05) is 78.9 Å². The normalized spacial score (nSPS) is 10.8. The Kier molecular flexibility index (Phi) is 17.8. The number of nitrogens with one attached hydrogen (secondary N) is 2. The lowest BCUT2D eigenvalue weighted by molar-refractivity contribution is 0.0193. The van der Waals surface area contributed by atoms with Gasteiger partial charge in [0.05, 0.1) is 11.3 Å². The van der Waals surface area contributed by atoms with E-state index in [0.717, 1.165) is 61.6 Å². The predicted octanol–water partition coefficient (Wildman–Crippen LogP) is 15.2. The van der Waals surface area contributed by atoms with E-state index in [2.05, 4.69) is 10.6 Å². The van der Waals surface area contributed by atoms with Gasteiger partial charge in [-0.15, -0.1) is 0 Å². The SMILES string of the molecule is Cc1ccc(-c2cccc(OC(=O)OC(C)(C)C)c2)cc1N.Cc1ccc(-c2cccc(OC(=O)OC(C)(C)C)c2)cc1Nc1cccc(O)c1.O=C(O)c1ccc(-c2cccc(O)c2)cc1Nc1cccc(O)c1. The highest BCUT2D eigenvalue weighted by Crippen LogP contribution is 2.33. The Morgan fingerprint density at radius 1 is 0.440 bits per heavy atom. The van der Waals surface area contributed by atoms with Gasteiger partial charge in [-0.3, -0.25) is 0 Å². The van der Waals surface area contributed by atoms with Gasteiger partial charge in [-0.25, -0.2) is 14.4 Å². The molecule has 0 amide bonds. The average molecular weight is 1010 g/mol. The van der Waals surface area contributed by atoms with Crippen molar-refractivity contribution in [2.45, 2.75) is 66.6 Å². The van der Waals surface area contributed by atoms with E-state index in [1.54, 1.807) is 126 Å². The first-order valence-corrected chi connectivity index (χ1v) is 23.7. The Hall–Kier alpha value is -9.43. The lowest BCUT2D eigenvalue weighted by Crippen LogP contribution is -2.25. The zero-order valence-electron chi connectivity index (χ0n) is 43.0. The molecule has 8 rings (SSSR count). The molecule has 0 fully saturated rings. The minimum Gasteiger partial charge on any atom is -0.508 e. The van der Waals surface area contributed by atoms with Gasteiger partial charge in [0, 0.05) is 34.9 Å². The Morgan fingerprint density at radius 3 is 1.28 bits per heavy atom. The van der Waals surface area contributed by atoms with Crippen LogP contribution in [0.4, 0.5) is 38.0 Å². The second-order valence-corrected chi connectivity index (χ2v) is 19.3. The largest absolute Gasteiger partial charge is 0.514 e. The molecule has 14 heteroatoms. The van der Waals surface area contributed by atoms with Crippen molar-refractivity contribution in [1.82, 2.24) is 0 Å². The molecule has 8 N–H and O–H groups in total. The fourth-order valence-corrected chi connectivity index (χ4v) is 7.15. The van der Waals surface area contributed by atoms with E-state index in [-0.39, 0.29) is 22.8 Å². The monoisotopic (exact) mass is 1010 g/mol. The first kappa shape index (κ1) is 54.9. The highest BCUT2D eigenvalue weighted by atomic mass is 16.7. The quantitative estimate of drug-likeness (QED) is 0.0385. The Morgan fingerprint density at radius 2 is 0.827 bits per heavy atom. The lowest BCUT2D eigenvalue weighted by atomic mass is 10.0. The molecule has 14 nitrogen and oxygen atoms in total. The van der Waals surface area contributed by atoms with Crippen molar-refractivity contribution < 1.29 is 53.8 Å². The van der Waals surface area contributed by atoms with Crippen molar-refractivity contribution >= 4 is 46.7 Å². The van der Waals surface area contributed by atoms with Gasteiger partial charge in [-0.05, 0) is 185 Å². The molecule has 0 aromatic heterocycles. The number of ether oxygens (including phenoxy) is 4. The molecule has 0 unspecified atom stereocenters. The summed E-state index contributed by atoms with van der Waals surface area (Å²) in [7, 11) is 0. The third kappa shape index (κ3) is 17.1. The zero-order chi connectivity index (χ0) is 54.5. The summed E-state index contributed by atoms with van der Waals surface area (Å²) in [6.45, 7) is 14.7. The summed E-state index contributed by atoms with van der Waals surface area (Å²) < 4.78 is 20.9. The number of rotatable bonds is 10. The Labute approximate surface area is 436 Å². The van der Waals surface area contributed by atoms with Gasteiger partial charge < -0.3 is 55.7 Å². The molecular formula is C61H61N3O11. The summed E-state index contributed by atoms with van der Waals surface area (Å²) in [6.07, 6.45) is -1.45. The number of aromatic carboxylic acids is 1. The van der Waals surface area contributed by atoms with Crippen LogP contribution in [0.25, 0.3) is 33.4 Å². The highest BCUT2D eigenvalue weighted by Gasteiger charge is 2.20. The number of hydrogen-bond acceptors (Lipinski definition) is 13. The molecule has 0 spiro atoms. The van der Waals surface area contributed by atoms with Crippen molar-refractivity contribution in [3.8, 4) is 62.1 Å². The van der Waals surface area contributed by atoms with Crippen molar-refractivity contribution in [3.63, 3.8) is 0 Å². The average Bonchev–Trinajstić information content (AvgIpc) is 3.32. The maximum atomic E-state index is 11.9. The van der Waals surface area contributed by atoms with E-state index in [9.17, 15) is 34.8 Å². The van der Waals surface area contributed by atoms with Crippen LogP contribution in [0.1, 0.15) is 63.0 Å². The number of carbonyl (C=O) groups is 3. The lowest BCUT2D eigenvalue weighted by Gasteiger charge is -2.18. The topological polar surface area (TPSA) is 219 Å². The molecule has 0 aliphatic heterocycles. The fraction of sp³-hybridized carbons (Fsp3) is 0.164. The van der Waals surface area contributed by atoms with Crippen molar-refractivity contribution in [3.05, 3.63) is 193 Å². The molecule has 0 saturated heterocycles. The molecule has 0 aliphatic carbocycles. The molecule has 0 radical (unpaired) electrons. The Bertz CT molecular complexity index is 3300. The number of nitrogen functional groups attached to an aromatic ring is 1. The number of aromatic hydroxyl groups is 3. The molecular weight excluding hydrogens is 951 g/mol. The van der Waals surface area contributed by atoms with E-state index < -0.39 is 29.5 Å². The summed E-state index contributed by atoms with van der Waals surface area (Å²) in [5.41, 5.74) is 15.7.